The van der Waals surface area contributed by atoms with Gasteiger partial charge in [-0.05, 0) is 5.56 Å². The van der Waals surface area contributed by atoms with Crippen molar-refractivity contribution < 1.29 is 30.0 Å². The topological polar surface area (TPSA) is 107 Å². The van der Waals surface area contributed by atoms with Crippen molar-refractivity contribution in [1.29, 1.82) is 0 Å². The fourth-order valence-electron chi connectivity index (χ4n) is 2.09. The van der Waals surface area contributed by atoms with Gasteiger partial charge in [0.25, 0.3) is 0 Å². The lowest BCUT2D eigenvalue weighted by Gasteiger charge is -2.27. The van der Waals surface area contributed by atoms with Gasteiger partial charge in [0.15, 0.2) is 6.10 Å². The zero-order valence-corrected chi connectivity index (χ0v) is 10.1. The molecule has 4 N–H and O–H groups in total. The van der Waals surface area contributed by atoms with Crippen LogP contribution in [0.4, 0.5) is 0 Å². The molecule has 6 heteroatoms. The van der Waals surface area contributed by atoms with Gasteiger partial charge in [-0.15, -0.1) is 0 Å². The van der Waals surface area contributed by atoms with Crippen molar-refractivity contribution in [2.24, 2.45) is 0 Å². The molecule has 0 aromatic heterocycles. The van der Waals surface area contributed by atoms with E-state index in [1.807, 2.05) is 0 Å². The number of cyclic esters (lactones) is 1. The third kappa shape index (κ3) is 2.93. The van der Waals surface area contributed by atoms with E-state index in [1.165, 1.54) is 0 Å². The molecule has 19 heavy (non-hydrogen) atoms. The van der Waals surface area contributed by atoms with Crippen LogP contribution < -0.4 is 0 Å². The lowest BCUT2D eigenvalue weighted by Crippen LogP contribution is -2.45. The Labute approximate surface area is 109 Å². The second-order valence-electron chi connectivity index (χ2n) is 4.56. The van der Waals surface area contributed by atoms with Gasteiger partial charge in [0, 0.05) is 0 Å². The van der Waals surface area contributed by atoms with Crippen molar-refractivity contribution in [2.75, 3.05) is 0 Å². The summed E-state index contributed by atoms with van der Waals surface area (Å²) in [7, 11) is 0. The predicted molar refractivity (Wildman–Crippen MR) is 63.9 cm³/mol. The summed E-state index contributed by atoms with van der Waals surface area (Å²) in [6, 6.07) is 8.31. The van der Waals surface area contributed by atoms with Gasteiger partial charge in [0.05, 0.1) is 6.42 Å². The number of carbonyl (C=O) groups excluding carboxylic acids is 1. The monoisotopic (exact) mass is 268 g/mol. The van der Waals surface area contributed by atoms with Crippen molar-refractivity contribution >= 4 is 5.97 Å². The summed E-state index contributed by atoms with van der Waals surface area (Å²) >= 11 is 0. The van der Waals surface area contributed by atoms with E-state index < -0.39 is 36.5 Å². The van der Waals surface area contributed by atoms with Gasteiger partial charge in [-0.2, -0.15) is 0 Å². The first-order chi connectivity index (χ1) is 9.00. The molecular weight excluding hydrogens is 252 g/mol. The Morgan fingerprint density at radius 2 is 1.79 bits per heavy atom. The van der Waals surface area contributed by atoms with Crippen molar-refractivity contribution in [2.45, 2.75) is 36.9 Å². The van der Waals surface area contributed by atoms with Crippen LogP contribution in [0.25, 0.3) is 0 Å². The Balaban J connectivity index is 2.07. The highest BCUT2D eigenvalue weighted by atomic mass is 16.6. The summed E-state index contributed by atoms with van der Waals surface area (Å²) in [5.74, 6) is -0.641. The molecule has 6 nitrogen and oxygen atoms in total. The number of benzene rings is 1. The minimum Gasteiger partial charge on any atom is -0.457 e. The second-order valence-corrected chi connectivity index (χ2v) is 4.56. The summed E-state index contributed by atoms with van der Waals surface area (Å²) in [5.41, 5.74) is 0.424. The molecule has 1 aromatic rings. The van der Waals surface area contributed by atoms with Crippen LogP contribution in [0.3, 0.4) is 0 Å². The molecule has 1 aliphatic rings. The Bertz CT molecular complexity index is 434. The number of rotatable bonds is 4. The summed E-state index contributed by atoms with van der Waals surface area (Å²) in [5, 5.41) is 39.3. The Morgan fingerprint density at radius 3 is 2.32 bits per heavy atom. The number of ether oxygens (including phenoxy) is 1. The van der Waals surface area contributed by atoms with Gasteiger partial charge in [-0.3, -0.25) is 4.79 Å². The first kappa shape index (κ1) is 14.0. The summed E-state index contributed by atoms with van der Waals surface area (Å²) < 4.78 is 4.73. The molecule has 0 amide bonds. The summed E-state index contributed by atoms with van der Waals surface area (Å²) in [6.07, 6.45) is -7.08. The van der Waals surface area contributed by atoms with E-state index in [2.05, 4.69) is 0 Å². The largest absolute Gasteiger partial charge is 0.457 e. The van der Waals surface area contributed by atoms with E-state index in [4.69, 9.17) is 4.74 Å². The Hall–Kier alpha value is -1.47. The Kier molecular flexibility index (Phi) is 4.16. The van der Waals surface area contributed by atoms with Crippen LogP contribution in [0.1, 0.15) is 18.1 Å². The van der Waals surface area contributed by atoms with Crippen LogP contribution in [-0.2, 0) is 9.53 Å². The van der Waals surface area contributed by atoms with Gasteiger partial charge >= 0.3 is 5.97 Å². The van der Waals surface area contributed by atoms with Gasteiger partial charge in [-0.1, -0.05) is 30.3 Å². The van der Waals surface area contributed by atoms with Crippen LogP contribution in [0.2, 0.25) is 0 Å². The highest BCUT2D eigenvalue weighted by Crippen LogP contribution is 2.25. The molecule has 1 fully saturated rings. The lowest BCUT2D eigenvalue weighted by molar-refractivity contribution is -0.157. The molecule has 0 spiro atoms. The normalized spacial score (nSPS) is 27.7. The first-order valence-electron chi connectivity index (χ1n) is 5.97. The van der Waals surface area contributed by atoms with E-state index in [9.17, 15) is 25.2 Å². The minimum atomic E-state index is -1.56. The molecule has 1 saturated heterocycles. The van der Waals surface area contributed by atoms with Crippen molar-refractivity contribution in [3.63, 3.8) is 0 Å². The van der Waals surface area contributed by atoms with Crippen LogP contribution >= 0.6 is 0 Å². The zero-order chi connectivity index (χ0) is 14.0. The fourth-order valence-corrected chi connectivity index (χ4v) is 2.09. The van der Waals surface area contributed by atoms with Crippen LogP contribution in [-0.4, -0.2) is 50.8 Å². The highest BCUT2D eigenvalue weighted by molar-refractivity contribution is 5.72. The van der Waals surface area contributed by atoms with Crippen molar-refractivity contribution in [3.8, 4) is 0 Å². The molecule has 0 radical (unpaired) electrons. The van der Waals surface area contributed by atoms with Crippen molar-refractivity contribution in [1.82, 2.24) is 0 Å². The quantitative estimate of drug-likeness (QED) is 0.528. The third-order valence-electron chi connectivity index (χ3n) is 3.17. The number of esters is 1. The SMILES string of the molecule is O=C1C[C@H](O)[C@H]([C@H](O)[C@@H](O)[C@H](O)c2ccccc2)O1. The molecule has 0 aliphatic carbocycles. The molecule has 1 aliphatic heterocycles. The standard InChI is InChI=1S/C13H16O6/c14-8-6-9(15)19-13(8)12(18)11(17)10(16)7-4-2-1-3-5-7/h1-5,8,10-14,16-18H,6H2/t8-,10+,11-,12+,13+/m0/s1. The van der Waals surface area contributed by atoms with Crippen LogP contribution in [0.15, 0.2) is 30.3 Å². The molecular formula is C13H16O6. The lowest BCUT2D eigenvalue weighted by atomic mass is 9.95. The van der Waals surface area contributed by atoms with E-state index in [1.54, 1.807) is 30.3 Å². The molecule has 2 rings (SSSR count). The molecule has 5 atom stereocenters. The van der Waals surface area contributed by atoms with E-state index in [0.29, 0.717) is 5.56 Å². The van der Waals surface area contributed by atoms with Crippen LogP contribution in [0, 0.1) is 0 Å². The molecule has 1 heterocycles. The average molecular weight is 268 g/mol. The minimum absolute atomic E-state index is 0.226. The molecule has 0 saturated carbocycles. The average Bonchev–Trinajstić information content (AvgIpc) is 2.76. The van der Waals surface area contributed by atoms with Gasteiger partial charge in [0.1, 0.15) is 24.4 Å². The maximum Gasteiger partial charge on any atom is 0.309 e. The number of aliphatic hydroxyl groups is 4. The van der Waals surface area contributed by atoms with E-state index in [-0.39, 0.29) is 6.42 Å². The summed E-state index contributed by atoms with van der Waals surface area (Å²) in [4.78, 5) is 11.0. The Morgan fingerprint density at radius 1 is 1.16 bits per heavy atom. The first-order valence-corrected chi connectivity index (χ1v) is 5.97. The van der Waals surface area contributed by atoms with Gasteiger partial charge < -0.3 is 25.2 Å². The highest BCUT2D eigenvalue weighted by Gasteiger charge is 2.43. The number of hydrogen-bond donors (Lipinski definition) is 4. The second kappa shape index (κ2) is 5.66. The number of aliphatic hydroxyl groups excluding tert-OH is 4. The predicted octanol–water partition coefficient (Wildman–Crippen LogP) is -0.882. The molecule has 0 bridgehead atoms. The molecule has 0 unspecified atom stereocenters. The maximum absolute atomic E-state index is 11.0. The zero-order valence-electron chi connectivity index (χ0n) is 10.1. The van der Waals surface area contributed by atoms with E-state index >= 15 is 0 Å². The van der Waals surface area contributed by atoms with Crippen LogP contribution in [0.5, 0.6) is 0 Å². The van der Waals surface area contributed by atoms with E-state index in [0.717, 1.165) is 0 Å². The maximum atomic E-state index is 11.0. The summed E-state index contributed by atoms with van der Waals surface area (Å²) in [6.45, 7) is 0. The smallest absolute Gasteiger partial charge is 0.309 e. The number of hydrogen-bond acceptors (Lipinski definition) is 6. The molecule has 1 aromatic carbocycles. The number of carbonyl (C=O) groups is 1. The van der Waals surface area contributed by atoms with Gasteiger partial charge in [0.2, 0.25) is 0 Å². The molecule has 104 valence electrons. The fraction of sp³-hybridized carbons (Fsp3) is 0.462. The van der Waals surface area contributed by atoms with Crippen molar-refractivity contribution in [3.05, 3.63) is 35.9 Å². The van der Waals surface area contributed by atoms with Gasteiger partial charge in [-0.25, -0.2) is 0 Å². The third-order valence-corrected chi connectivity index (χ3v) is 3.17.